The van der Waals surface area contributed by atoms with Gasteiger partial charge in [-0.15, -0.1) is 0 Å². The summed E-state index contributed by atoms with van der Waals surface area (Å²) in [4.78, 5) is 23.6. The zero-order valence-corrected chi connectivity index (χ0v) is 14.4. The maximum Gasteiger partial charge on any atom is 0.224 e. The fraction of sp³-hybridized carbons (Fsp3) is 0.389. The predicted octanol–water partition coefficient (Wildman–Crippen LogP) is 1.42. The van der Waals surface area contributed by atoms with E-state index in [1.54, 1.807) is 18.2 Å². The normalized spacial score (nSPS) is 14.3. The van der Waals surface area contributed by atoms with Crippen molar-refractivity contribution >= 4 is 18.2 Å². The van der Waals surface area contributed by atoms with Crippen molar-refractivity contribution < 1.29 is 9.53 Å². The van der Waals surface area contributed by atoms with E-state index in [0.717, 1.165) is 57.1 Å². The molecule has 0 saturated carbocycles. The second kappa shape index (κ2) is 8.32. The van der Waals surface area contributed by atoms with E-state index < -0.39 is 0 Å². The van der Waals surface area contributed by atoms with Crippen molar-refractivity contribution in [3.8, 4) is 5.75 Å². The van der Waals surface area contributed by atoms with Gasteiger partial charge in [0, 0.05) is 38.9 Å². The molecular weight excluding hydrogens is 318 g/mol. The first-order valence-corrected chi connectivity index (χ1v) is 8.42. The second-order valence-electron chi connectivity index (χ2n) is 5.89. The summed E-state index contributed by atoms with van der Waals surface area (Å²) in [7, 11) is 1.67. The highest BCUT2D eigenvalue weighted by Gasteiger charge is 2.16. The van der Waals surface area contributed by atoms with Gasteiger partial charge in [-0.05, 0) is 30.2 Å². The molecule has 1 aromatic carbocycles. The molecule has 132 valence electrons. The smallest absolute Gasteiger partial charge is 0.224 e. The molecule has 0 atom stereocenters. The van der Waals surface area contributed by atoms with Gasteiger partial charge in [0.2, 0.25) is 12.4 Å². The average molecular weight is 341 g/mol. The number of carbonyl (C=O) groups excluding carboxylic acids is 1. The number of amides is 1. The van der Waals surface area contributed by atoms with Gasteiger partial charge in [0.05, 0.1) is 7.11 Å². The molecule has 1 fully saturated rings. The monoisotopic (exact) mass is 341 g/mol. The predicted molar refractivity (Wildman–Crippen MR) is 97.1 cm³/mol. The van der Waals surface area contributed by atoms with Crippen LogP contribution >= 0.6 is 0 Å². The summed E-state index contributed by atoms with van der Waals surface area (Å²) in [6.07, 6.45) is 3.56. The molecule has 3 rings (SSSR count). The molecule has 7 heteroatoms. The molecule has 1 N–H and O–H groups in total. The molecule has 0 radical (unpaired) electrons. The number of benzene rings is 1. The largest absolute Gasteiger partial charge is 0.497 e. The van der Waals surface area contributed by atoms with Crippen molar-refractivity contribution in [3.05, 3.63) is 42.1 Å². The number of rotatable bonds is 7. The summed E-state index contributed by atoms with van der Waals surface area (Å²) in [6.45, 7) is 3.80. The third-order valence-electron chi connectivity index (χ3n) is 4.28. The highest BCUT2D eigenvalue weighted by molar-refractivity contribution is 5.49. The van der Waals surface area contributed by atoms with Crippen molar-refractivity contribution in [1.82, 2.24) is 14.9 Å². The molecule has 1 saturated heterocycles. The minimum absolute atomic E-state index is 0.629. The lowest BCUT2D eigenvalue weighted by Gasteiger charge is -2.33. The van der Waals surface area contributed by atoms with Crippen LogP contribution in [0, 0.1) is 0 Å². The molecule has 2 heterocycles. The van der Waals surface area contributed by atoms with Crippen LogP contribution in [0.5, 0.6) is 5.75 Å². The Bertz CT molecular complexity index is 684. The third-order valence-corrected chi connectivity index (χ3v) is 4.28. The molecule has 7 nitrogen and oxygen atoms in total. The summed E-state index contributed by atoms with van der Waals surface area (Å²) < 4.78 is 5.17. The number of carbonyl (C=O) groups is 1. The summed E-state index contributed by atoms with van der Waals surface area (Å²) in [6, 6.07) is 9.96. The van der Waals surface area contributed by atoms with Crippen LogP contribution in [0.2, 0.25) is 0 Å². The second-order valence-corrected chi connectivity index (χ2v) is 5.89. The number of nitrogens with one attached hydrogen (secondary N) is 1. The zero-order chi connectivity index (χ0) is 17.5. The SMILES string of the molecule is COc1ccc(CCNc2nccc(N3CCN(C=O)CC3)n2)cc1. The van der Waals surface area contributed by atoms with Gasteiger partial charge in [-0.3, -0.25) is 4.79 Å². The number of aromatic nitrogens is 2. The first-order valence-electron chi connectivity index (χ1n) is 8.42. The first kappa shape index (κ1) is 17.0. The number of hydrogen-bond donors (Lipinski definition) is 1. The Kier molecular flexibility index (Phi) is 5.66. The molecule has 1 amide bonds. The summed E-state index contributed by atoms with van der Waals surface area (Å²) in [5.74, 6) is 2.39. The van der Waals surface area contributed by atoms with Crippen LogP contribution in [-0.4, -0.2) is 61.1 Å². The Morgan fingerprint density at radius 1 is 1.16 bits per heavy atom. The highest BCUT2D eigenvalue weighted by atomic mass is 16.5. The van der Waals surface area contributed by atoms with Crippen LogP contribution in [0.1, 0.15) is 5.56 Å². The van der Waals surface area contributed by atoms with E-state index in [1.807, 2.05) is 18.2 Å². The molecule has 0 bridgehead atoms. The average Bonchev–Trinajstić information content (AvgIpc) is 2.69. The lowest BCUT2D eigenvalue weighted by atomic mass is 10.1. The van der Waals surface area contributed by atoms with Crippen LogP contribution in [-0.2, 0) is 11.2 Å². The summed E-state index contributed by atoms with van der Waals surface area (Å²) >= 11 is 0. The van der Waals surface area contributed by atoms with Gasteiger partial charge in [0.1, 0.15) is 11.6 Å². The van der Waals surface area contributed by atoms with Crippen molar-refractivity contribution in [2.24, 2.45) is 0 Å². The Balaban J connectivity index is 1.52. The Hall–Kier alpha value is -2.83. The quantitative estimate of drug-likeness (QED) is 0.768. The van der Waals surface area contributed by atoms with Gasteiger partial charge in [-0.25, -0.2) is 4.98 Å². The molecule has 25 heavy (non-hydrogen) atoms. The van der Waals surface area contributed by atoms with Gasteiger partial charge in [0.25, 0.3) is 0 Å². The van der Waals surface area contributed by atoms with Gasteiger partial charge < -0.3 is 19.9 Å². The van der Waals surface area contributed by atoms with Gasteiger partial charge in [-0.2, -0.15) is 4.98 Å². The van der Waals surface area contributed by atoms with E-state index in [1.165, 1.54) is 5.56 Å². The molecule has 1 aromatic heterocycles. The van der Waals surface area contributed by atoms with Gasteiger partial charge in [0.15, 0.2) is 0 Å². The van der Waals surface area contributed by atoms with Crippen LogP contribution in [0.15, 0.2) is 36.5 Å². The standard InChI is InChI=1S/C18H23N5O2/c1-25-16-4-2-15(3-5-16)6-8-19-18-20-9-7-17(21-18)23-12-10-22(14-24)11-13-23/h2-5,7,9,14H,6,8,10-13H2,1H3,(H,19,20,21). The van der Waals surface area contributed by atoms with Crippen molar-refractivity contribution in [1.29, 1.82) is 0 Å². The minimum atomic E-state index is 0.629. The van der Waals surface area contributed by atoms with Crippen LogP contribution in [0.3, 0.4) is 0 Å². The van der Waals surface area contributed by atoms with Crippen LogP contribution in [0.4, 0.5) is 11.8 Å². The number of ether oxygens (including phenoxy) is 1. The fourth-order valence-corrected chi connectivity index (χ4v) is 2.78. The maximum absolute atomic E-state index is 10.8. The topological polar surface area (TPSA) is 70.6 Å². The molecule has 2 aromatic rings. The number of methoxy groups -OCH3 is 1. The molecule has 0 spiro atoms. The fourth-order valence-electron chi connectivity index (χ4n) is 2.78. The Morgan fingerprint density at radius 2 is 1.92 bits per heavy atom. The number of piperazine rings is 1. The zero-order valence-electron chi connectivity index (χ0n) is 14.4. The van der Waals surface area contributed by atoms with Crippen molar-refractivity contribution in [3.63, 3.8) is 0 Å². The van der Waals surface area contributed by atoms with Gasteiger partial charge >= 0.3 is 0 Å². The maximum atomic E-state index is 10.8. The van der Waals surface area contributed by atoms with Crippen LogP contribution < -0.4 is 15.0 Å². The third kappa shape index (κ3) is 4.59. The van der Waals surface area contributed by atoms with Gasteiger partial charge in [-0.1, -0.05) is 12.1 Å². The van der Waals surface area contributed by atoms with Crippen molar-refractivity contribution in [2.75, 3.05) is 50.1 Å². The number of hydrogen-bond acceptors (Lipinski definition) is 6. The molecule has 0 aliphatic carbocycles. The van der Waals surface area contributed by atoms with Crippen LogP contribution in [0.25, 0.3) is 0 Å². The van der Waals surface area contributed by atoms with E-state index in [2.05, 4.69) is 32.3 Å². The Morgan fingerprint density at radius 3 is 2.60 bits per heavy atom. The lowest BCUT2D eigenvalue weighted by Crippen LogP contribution is -2.46. The lowest BCUT2D eigenvalue weighted by molar-refractivity contribution is -0.118. The van der Waals surface area contributed by atoms with Crippen molar-refractivity contribution in [2.45, 2.75) is 6.42 Å². The summed E-state index contributed by atoms with van der Waals surface area (Å²) in [5.41, 5.74) is 1.23. The number of nitrogens with zero attached hydrogens (tertiary/aromatic N) is 4. The van der Waals surface area contributed by atoms with E-state index in [-0.39, 0.29) is 0 Å². The molecule has 1 aliphatic heterocycles. The highest BCUT2D eigenvalue weighted by Crippen LogP contribution is 2.15. The van der Waals surface area contributed by atoms with E-state index in [4.69, 9.17) is 4.74 Å². The summed E-state index contributed by atoms with van der Waals surface area (Å²) in [5, 5.41) is 3.27. The molecule has 1 aliphatic rings. The molecule has 0 unspecified atom stereocenters. The van der Waals surface area contributed by atoms with E-state index >= 15 is 0 Å². The molecular formula is C18H23N5O2. The Labute approximate surface area is 147 Å². The first-order chi connectivity index (χ1) is 12.3. The van der Waals surface area contributed by atoms with E-state index in [0.29, 0.717) is 5.95 Å². The minimum Gasteiger partial charge on any atom is -0.497 e. The number of anilines is 2. The van der Waals surface area contributed by atoms with E-state index in [9.17, 15) is 4.79 Å².